The van der Waals surface area contributed by atoms with Gasteiger partial charge in [-0.2, -0.15) is 0 Å². The van der Waals surface area contributed by atoms with E-state index in [9.17, 15) is 29.0 Å². The van der Waals surface area contributed by atoms with Crippen LogP contribution < -0.4 is 10.9 Å². The molecule has 2 aromatic rings. The summed E-state index contributed by atoms with van der Waals surface area (Å²) in [6.45, 7) is 1.84. The van der Waals surface area contributed by atoms with Crippen molar-refractivity contribution in [1.82, 2.24) is 15.3 Å². The minimum Gasteiger partial charge on any atom is -0.343 e. The Morgan fingerprint density at radius 3 is 2.27 bits per heavy atom. The number of aromatic amines is 1. The van der Waals surface area contributed by atoms with Gasteiger partial charge in [0.2, 0.25) is 0 Å². The Bertz CT molecular complexity index is 1080. The van der Waals surface area contributed by atoms with Crippen LogP contribution in [0, 0.1) is 5.41 Å². The van der Waals surface area contributed by atoms with Crippen LogP contribution in [0.25, 0.3) is 0 Å². The third-order valence-electron chi connectivity index (χ3n) is 5.63. The number of rotatable bonds is 6. The molecule has 0 aliphatic heterocycles. The van der Waals surface area contributed by atoms with Gasteiger partial charge in [-0.1, -0.05) is 38.5 Å². The molecule has 0 radical (unpaired) electrons. The van der Waals surface area contributed by atoms with Crippen molar-refractivity contribution in [2.75, 3.05) is 0 Å². The summed E-state index contributed by atoms with van der Waals surface area (Å²) in [6, 6.07) is 2.97. The second kappa shape index (κ2) is 5.83. The van der Waals surface area contributed by atoms with Crippen molar-refractivity contribution in [2.24, 2.45) is 5.41 Å². The number of carbonyl (C=O) groups excluding carboxylic acids is 1. The fraction of sp³-hybridized carbons (Fsp3) is 0.421. The predicted molar refractivity (Wildman–Crippen MR) is 102 cm³/mol. The Morgan fingerprint density at radius 2 is 1.77 bits per heavy atom. The summed E-state index contributed by atoms with van der Waals surface area (Å²) in [5.41, 5.74) is -0.696. The van der Waals surface area contributed by atoms with Gasteiger partial charge in [-0.25, -0.2) is 4.98 Å². The van der Waals surface area contributed by atoms with Crippen molar-refractivity contribution in [3.05, 3.63) is 57.8 Å². The Morgan fingerprint density at radius 1 is 1.17 bits per heavy atom. The van der Waals surface area contributed by atoms with Gasteiger partial charge in [0.25, 0.3) is 11.5 Å². The summed E-state index contributed by atoms with van der Waals surface area (Å²) in [7, 11) is -9.77. The molecule has 0 unspecified atom stereocenters. The summed E-state index contributed by atoms with van der Waals surface area (Å²) in [5.74, 6) is -0.0957. The molecule has 30 heavy (non-hydrogen) atoms. The van der Waals surface area contributed by atoms with Gasteiger partial charge in [-0.3, -0.25) is 9.59 Å². The molecular formula is C19H20F5N3O2S. The monoisotopic (exact) mass is 449 g/mol. The van der Waals surface area contributed by atoms with E-state index in [4.69, 9.17) is 0 Å². The molecule has 11 heteroatoms. The minimum absolute atomic E-state index is 0.0847. The summed E-state index contributed by atoms with van der Waals surface area (Å²) in [5, 5.41) is 2.73. The largest absolute Gasteiger partial charge is 0.343 e. The molecule has 5 nitrogen and oxygen atoms in total. The molecule has 2 aliphatic rings. The first-order valence-corrected chi connectivity index (χ1v) is 11.4. The minimum atomic E-state index is -9.77. The van der Waals surface area contributed by atoms with Crippen LogP contribution in [0.2, 0.25) is 0 Å². The fourth-order valence-electron chi connectivity index (χ4n) is 3.41. The maximum Gasteiger partial charge on any atom is 0.310 e. The average Bonchev–Trinajstić information content (AvgIpc) is 3.53. The summed E-state index contributed by atoms with van der Waals surface area (Å²) in [4.78, 5) is 29.4. The van der Waals surface area contributed by atoms with Gasteiger partial charge < -0.3 is 10.3 Å². The van der Waals surface area contributed by atoms with Gasteiger partial charge in [0.05, 0.1) is 6.04 Å². The molecule has 2 fully saturated rings. The van der Waals surface area contributed by atoms with Crippen molar-refractivity contribution >= 4 is 16.1 Å². The number of hydrogen-bond acceptors (Lipinski definition) is 3. The highest BCUT2D eigenvalue weighted by Gasteiger charge is 2.65. The fourth-order valence-corrected chi connectivity index (χ4v) is 4.06. The van der Waals surface area contributed by atoms with Crippen LogP contribution >= 0.6 is 10.2 Å². The Balaban J connectivity index is 1.62. The maximum atomic E-state index is 13.0. The number of nitrogens with one attached hydrogen (secondary N) is 2. The van der Waals surface area contributed by atoms with E-state index < -0.39 is 38.0 Å². The van der Waals surface area contributed by atoms with E-state index >= 15 is 0 Å². The van der Waals surface area contributed by atoms with Gasteiger partial charge in [0, 0.05) is 12.0 Å². The van der Waals surface area contributed by atoms with E-state index in [0.717, 1.165) is 31.0 Å². The number of hydrogen-bond donors (Lipinski definition) is 2. The second-order valence-corrected chi connectivity index (χ2v) is 10.8. The number of H-pyrrole nitrogens is 1. The molecule has 164 valence electrons. The van der Waals surface area contributed by atoms with Crippen LogP contribution in [-0.2, 0) is 0 Å². The number of halogens is 5. The average molecular weight is 449 g/mol. The van der Waals surface area contributed by atoms with Gasteiger partial charge in [0.15, 0.2) is 0 Å². The summed E-state index contributed by atoms with van der Waals surface area (Å²) in [6.07, 6.45) is 3.15. The van der Waals surface area contributed by atoms with Crippen molar-refractivity contribution in [3.63, 3.8) is 0 Å². The van der Waals surface area contributed by atoms with Gasteiger partial charge >= 0.3 is 10.2 Å². The van der Waals surface area contributed by atoms with E-state index in [0.29, 0.717) is 30.8 Å². The lowest BCUT2D eigenvalue weighted by Gasteiger charge is -2.40. The molecule has 4 rings (SSSR count). The van der Waals surface area contributed by atoms with Crippen LogP contribution in [0.15, 0.2) is 40.0 Å². The smallest absolute Gasteiger partial charge is 0.310 e. The van der Waals surface area contributed by atoms with Crippen LogP contribution in [0.3, 0.4) is 0 Å². The lowest BCUT2D eigenvalue weighted by atomic mass is 9.91. The Labute approximate surface area is 168 Å². The molecule has 1 aromatic heterocycles. The molecule has 0 saturated heterocycles. The van der Waals surface area contributed by atoms with E-state index in [1.54, 1.807) is 0 Å². The third kappa shape index (κ3) is 4.35. The number of benzene rings is 1. The zero-order valence-electron chi connectivity index (χ0n) is 15.9. The quantitative estimate of drug-likeness (QED) is 0.566. The van der Waals surface area contributed by atoms with E-state index in [-0.39, 0.29) is 17.2 Å². The molecule has 2 saturated carbocycles. The highest BCUT2D eigenvalue weighted by atomic mass is 32.5. The van der Waals surface area contributed by atoms with Crippen LogP contribution in [0.4, 0.5) is 19.4 Å². The summed E-state index contributed by atoms with van der Waals surface area (Å²) < 4.78 is 65.0. The van der Waals surface area contributed by atoms with Crippen molar-refractivity contribution in [2.45, 2.75) is 49.5 Å². The number of nitrogens with zero attached hydrogens (tertiary/aromatic N) is 1. The van der Waals surface area contributed by atoms with Crippen LogP contribution in [0.1, 0.15) is 66.4 Å². The molecule has 0 spiro atoms. The molecule has 1 aromatic carbocycles. The molecule has 2 N–H and O–H groups in total. The lowest BCUT2D eigenvalue weighted by molar-refractivity contribution is 0.0913. The molecule has 1 heterocycles. The maximum absolute atomic E-state index is 13.0. The summed E-state index contributed by atoms with van der Waals surface area (Å²) >= 11 is 0. The second-order valence-electron chi connectivity index (χ2n) is 8.39. The van der Waals surface area contributed by atoms with Crippen LogP contribution in [0.5, 0.6) is 0 Å². The van der Waals surface area contributed by atoms with Crippen molar-refractivity contribution in [3.8, 4) is 0 Å². The van der Waals surface area contributed by atoms with Crippen molar-refractivity contribution in [1.29, 1.82) is 0 Å². The standard InChI is InChI=1S/C19H20F5N3O2S/c1-19(8-9-19)16(11-4-6-13(7-5-11)30(20,21,22,23)24)27-18(29)14-10-15(28)26-17(25-14)12-2-3-12/h4-7,10,12,16H,2-3,8-9H2,1H3,(H,27,29)(H,25,26,28)/t16-/m0/s1. The van der Waals surface area contributed by atoms with Crippen molar-refractivity contribution < 1.29 is 24.2 Å². The number of aromatic nitrogens is 2. The third-order valence-corrected chi connectivity index (χ3v) is 6.79. The lowest BCUT2D eigenvalue weighted by Crippen LogP contribution is -2.35. The highest BCUT2D eigenvalue weighted by Crippen LogP contribution is 3.02. The SMILES string of the molecule is CC1([C@@H](NC(=O)c2cc(=O)[nH]c(C3CC3)n2)c2ccc(S(F)(F)(F)(F)F)cc2)CC1. The zero-order valence-corrected chi connectivity index (χ0v) is 16.7. The topological polar surface area (TPSA) is 74.8 Å². The van der Waals surface area contributed by atoms with E-state index in [2.05, 4.69) is 15.3 Å². The molecule has 1 amide bonds. The molecule has 1 atom stereocenters. The van der Waals surface area contributed by atoms with E-state index in [1.807, 2.05) is 6.92 Å². The Kier molecular flexibility index (Phi) is 4.05. The van der Waals surface area contributed by atoms with E-state index in [1.165, 1.54) is 0 Å². The van der Waals surface area contributed by atoms with Gasteiger partial charge in [-0.15, -0.1) is 0 Å². The number of carbonyl (C=O) groups is 1. The van der Waals surface area contributed by atoms with Crippen LogP contribution in [-0.4, -0.2) is 15.9 Å². The normalized spacial score (nSPS) is 21.3. The molecule has 0 bridgehead atoms. The molecular weight excluding hydrogens is 429 g/mol. The molecule has 2 aliphatic carbocycles. The first kappa shape index (κ1) is 20.8. The Hall–Kier alpha value is -2.43. The predicted octanol–water partition coefficient (Wildman–Crippen LogP) is 5.58. The highest BCUT2D eigenvalue weighted by molar-refractivity contribution is 8.45. The first-order chi connectivity index (χ1) is 13.6. The van der Waals surface area contributed by atoms with Gasteiger partial charge in [-0.05, 0) is 48.8 Å². The zero-order chi connectivity index (χ0) is 22.0. The van der Waals surface area contributed by atoms with Gasteiger partial charge in [0.1, 0.15) is 16.4 Å². The number of amides is 1. The first-order valence-electron chi connectivity index (χ1n) is 9.41.